The van der Waals surface area contributed by atoms with Gasteiger partial charge in [0.25, 0.3) is 0 Å². The van der Waals surface area contributed by atoms with Crippen LogP contribution in [0.3, 0.4) is 0 Å². The summed E-state index contributed by atoms with van der Waals surface area (Å²) < 4.78 is 34.5. The van der Waals surface area contributed by atoms with Gasteiger partial charge in [-0.05, 0) is 12.8 Å². The molecule has 0 aliphatic heterocycles. The minimum Gasteiger partial charge on any atom is -0.392 e. The quantitative estimate of drug-likeness (QED) is 0.647. The van der Waals surface area contributed by atoms with E-state index in [1.807, 2.05) is 0 Å². The number of aliphatic hydroxyl groups is 1. The summed E-state index contributed by atoms with van der Waals surface area (Å²) in [4.78, 5) is 0. The van der Waals surface area contributed by atoms with Crippen molar-refractivity contribution in [2.75, 3.05) is 5.75 Å². The molecule has 0 aromatic rings. The van der Waals surface area contributed by atoms with Crippen LogP contribution in [0.4, 0.5) is 13.2 Å². The van der Waals surface area contributed by atoms with Gasteiger partial charge in [-0.25, -0.2) is 0 Å². The maximum absolute atomic E-state index is 11.5. The van der Waals surface area contributed by atoms with Gasteiger partial charge in [0.1, 0.15) is 0 Å². The van der Waals surface area contributed by atoms with Crippen molar-refractivity contribution in [3.63, 3.8) is 0 Å². The third kappa shape index (κ3) is 8.00. The molecule has 11 heavy (non-hydrogen) atoms. The number of hydrogen-bond donors (Lipinski definition) is 2. The van der Waals surface area contributed by atoms with Gasteiger partial charge < -0.3 is 5.11 Å². The summed E-state index contributed by atoms with van der Waals surface area (Å²) in [7, 11) is 0. The molecule has 0 aromatic carbocycles. The summed E-state index contributed by atoms with van der Waals surface area (Å²) in [6, 6.07) is 0. The standard InChI is InChI=1S/C6H11F3OS/c7-6(8,9)3-1-2-5(10)4-11/h5,10-11H,1-4H2. The molecule has 0 fully saturated rings. The highest BCUT2D eigenvalue weighted by Crippen LogP contribution is 2.22. The Kier molecular flexibility index (Phi) is 4.92. The highest BCUT2D eigenvalue weighted by atomic mass is 32.1. The molecule has 68 valence electrons. The van der Waals surface area contributed by atoms with E-state index in [2.05, 4.69) is 12.6 Å². The van der Waals surface area contributed by atoms with E-state index in [-0.39, 0.29) is 18.6 Å². The van der Waals surface area contributed by atoms with Crippen molar-refractivity contribution in [3.8, 4) is 0 Å². The molecule has 1 atom stereocenters. The fourth-order valence-electron chi connectivity index (χ4n) is 0.629. The van der Waals surface area contributed by atoms with E-state index in [0.717, 1.165) is 0 Å². The first-order chi connectivity index (χ1) is 4.95. The molecular formula is C6H11F3OS. The van der Waals surface area contributed by atoms with Crippen molar-refractivity contribution in [1.29, 1.82) is 0 Å². The highest BCUT2D eigenvalue weighted by molar-refractivity contribution is 7.80. The lowest BCUT2D eigenvalue weighted by Gasteiger charge is -2.08. The molecule has 0 saturated carbocycles. The Morgan fingerprint density at radius 3 is 2.27 bits per heavy atom. The maximum Gasteiger partial charge on any atom is 0.389 e. The first-order valence-corrected chi connectivity index (χ1v) is 3.94. The molecule has 1 N–H and O–H groups in total. The van der Waals surface area contributed by atoms with Gasteiger partial charge in [-0.2, -0.15) is 25.8 Å². The normalized spacial score (nSPS) is 15.0. The van der Waals surface area contributed by atoms with Crippen LogP contribution in [0.1, 0.15) is 19.3 Å². The third-order valence-electron chi connectivity index (χ3n) is 1.21. The van der Waals surface area contributed by atoms with Crippen LogP contribution >= 0.6 is 12.6 Å². The first kappa shape index (κ1) is 11.1. The Balaban J connectivity index is 3.28. The Hall–Kier alpha value is 0.100. The van der Waals surface area contributed by atoms with E-state index < -0.39 is 18.7 Å². The number of hydrogen-bond acceptors (Lipinski definition) is 2. The number of rotatable bonds is 4. The fourth-order valence-corrected chi connectivity index (χ4v) is 0.812. The van der Waals surface area contributed by atoms with Crippen LogP contribution in [0.5, 0.6) is 0 Å². The molecule has 0 radical (unpaired) electrons. The monoisotopic (exact) mass is 188 g/mol. The molecule has 0 amide bonds. The van der Waals surface area contributed by atoms with E-state index in [9.17, 15) is 13.2 Å². The van der Waals surface area contributed by atoms with Crippen molar-refractivity contribution in [2.45, 2.75) is 31.5 Å². The van der Waals surface area contributed by atoms with Crippen LogP contribution in [0.2, 0.25) is 0 Å². The van der Waals surface area contributed by atoms with Crippen molar-refractivity contribution in [2.24, 2.45) is 0 Å². The molecule has 0 aliphatic rings. The van der Waals surface area contributed by atoms with Crippen LogP contribution in [0.15, 0.2) is 0 Å². The van der Waals surface area contributed by atoms with Gasteiger partial charge in [0.05, 0.1) is 6.10 Å². The molecule has 0 rings (SSSR count). The summed E-state index contributed by atoms with van der Waals surface area (Å²) in [5.41, 5.74) is 0. The molecule has 0 heterocycles. The predicted molar refractivity (Wildman–Crippen MR) is 39.8 cm³/mol. The van der Waals surface area contributed by atoms with E-state index in [1.54, 1.807) is 0 Å². The van der Waals surface area contributed by atoms with E-state index in [4.69, 9.17) is 5.11 Å². The topological polar surface area (TPSA) is 20.2 Å². The molecular weight excluding hydrogens is 177 g/mol. The second kappa shape index (κ2) is 4.87. The molecule has 1 nitrogen and oxygen atoms in total. The second-order valence-electron chi connectivity index (χ2n) is 2.34. The lowest BCUT2D eigenvalue weighted by molar-refractivity contribution is -0.136. The summed E-state index contributed by atoms with van der Waals surface area (Å²) in [5, 5.41) is 8.81. The molecule has 0 aromatic heterocycles. The van der Waals surface area contributed by atoms with Crippen molar-refractivity contribution in [3.05, 3.63) is 0 Å². The molecule has 0 bridgehead atoms. The van der Waals surface area contributed by atoms with Crippen LogP contribution in [0, 0.1) is 0 Å². The summed E-state index contributed by atoms with van der Waals surface area (Å²) in [6.07, 6.45) is -5.48. The Morgan fingerprint density at radius 2 is 1.91 bits per heavy atom. The minimum atomic E-state index is -4.10. The zero-order chi connectivity index (χ0) is 8.91. The Morgan fingerprint density at radius 1 is 1.36 bits per heavy atom. The average molecular weight is 188 g/mol. The van der Waals surface area contributed by atoms with Crippen LogP contribution in [-0.2, 0) is 0 Å². The second-order valence-corrected chi connectivity index (χ2v) is 2.71. The number of halogens is 3. The van der Waals surface area contributed by atoms with Gasteiger partial charge in [0.15, 0.2) is 0 Å². The summed E-state index contributed by atoms with van der Waals surface area (Å²) >= 11 is 3.73. The number of thiol groups is 1. The van der Waals surface area contributed by atoms with Crippen LogP contribution in [-0.4, -0.2) is 23.1 Å². The average Bonchev–Trinajstić information content (AvgIpc) is 1.85. The van der Waals surface area contributed by atoms with Crippen LogP contribution in [0.25, 0.3) is 0 Å². The molecule has 5 heteroatoms. The first-order valence-electron chi connectivity index (χ1n) is 3.31. The van der Waals surface area contributed by atoms with Crippen molar-refractivity contribution >= 4 is 12.6 Å². The molecule has 1 unspecified atom stereocenters. The zero-order valence-corrected chi connectivity index (χ0v) is 6.83. The smallest absolute Gasteiger partial charge is 0.389 e. The molecule has 0 spiro atoms. The highest BCUT2D eigenvalue weighted by Gasteiger charge is 2.26. The van der Waals surface area contributed by atoms with Crippen molar-refractivity contribution < 1.29 is 18.3 Å². The predicted octanol–water partition coefficient (Wildman–Crippen LogP) is 2.01. The van der Waals surface area contributed by atoms with Gasteiger partial charge in [-0.15, -0.1) is 0 Å². The number of aliphatic hydroxyl groups excluding tert-OH is 1. The largest absolute Gasteiger partial charge is 0.392 e. The van der Waals surface area contributed by atoms with E-state index in [0.29, 0.717) is 0 Å². The van der Waals surface area contributed by atoms with Gasteiger partial charge in [-0.3, -0.25) is 0 Å². The van der Waals surface area contributed by atoms with Gasteiger partial charge >= 0.3 is 6.18 Å². The lowest BCUT2D eigenvalue weighted by Crippen LogP contribution is -2.12. The SMILES string of the molecule is OC(CS)CCCC(F)(F)F. The fraction of sp³-hybridized carbons (Fsp3) is 1.00. The Labute approximate surface area is 69.0 Å². The van der Waals surface area contributed by atoms with Gasteiger partial charge in [-0.1, -0.05) is 0 Å². The Bertz CT molecular complexity index is 104. The maximum atomic E-state index is 11.5. The lowest BCUT2D eigenvalue weighted by atomic mass is 10.2. The zero-order valence-electron chi connectivity index (χ0n) is 5.93. The third-order valence-corrected chi connectivity index (χ3v) is 1.63. The molecule has 0 saturated heterocycles. The van der Waals surface area contributed by atoms with E-state index >= 15 is 0 Å². The summed E-state index contributed by atoms with van der Waals surface area (Å²) in [6.45, 7) is 0. The van der Waals surface area contributed by atoms with Crippen LogP contribution < -0.4 is 0 Å². The number of alkyl halides is 3. The summed E-state index contributed by atoms with van der Waals surface area (Å²) in [5.74, 6) is 0.220. The van der Waals surface area contributed by atoms with Crippen molar-refractivity contribution in [1.82, 2.24) is 0 Å². The minimum absolute atomic E-state index is 0.0226. The van der Waals surface area contributed by atoms with E-state index in [1.165, 1.54) is 0 Å². The molecule has 0 aliphatic carbocycles. The van der Waals surface area contributed by atoms with Gasteiger partial charge in [0, 0.05) is 12.2 Å². The van der Waals surface area contributed by atoms with Gasteiger partial charge in [0.2, 0.25) is 0 Å².